The zero-order chi connectivity index (χ0) is 17.1. The van der Waals surface area contributed by atoms with Crippen LogP contribution >= 0.6 is 0 Å². The molecule has 0 saturated carbocycles. The van der Waals surface area contributed by atoms with E-state index in [0.29, 0.717) is 5.56 Å². The SMILES string of the molecule is CC(NS(=O)(=O)c1ccccc1)c1ccc(NS(=O)(=O)O)cc1. The molecule has 0 aliphatic carbocycles. The molecule has 9 heteroatoms. The van der Waals surface area contributed by atoms with Gasteiger partial charge in [-0.3, -0.25) is 9.27 Å². The van der Waals surface area contributed by atoms with Gasteiger partial charge in [0, 0.05) is 6.04 Å². The molecule has 0 bridgehead atoms. The van der Waals surface area contributed by atoms with Crippen molar-refractivity contribution in [3.05, 3.63) is 60.2 Å². The van der Waals surface area contributed by atoms with Crippen molar-refractivity contribution in [1.29, 1.82) is 0 Å². The lowest BCUT2D eigenvalue weighted by molar-refractivity contribution is 0.489. The summed E-state index contributed by atoms with van der Waals surface area (Å²) >= 11 is 0. The maximum absolute atomic E-state index is 12.2. The van der Waals surface area contributed by atoms with Crippen LogP contribution in [-0.2, 0) is 20.3 Å². The third-order valence-corrected chi connectivity index (χ3v) is 5.09. The molecule has 0 heterocycles. The van der Waals surface area contributed by atoms with Gasteiger partial charge in [-0.1, -0.05) is 30.3 Å². The van der Waals surface area contributed by atoms with E-state index >= 15 is 0 Å². The smallest absolute Gasteiger partial charge is 0.269 e. The molecule has 0 spiro atoms. The Morgan fingerprint density at radius 3 is 2.00 bits per heavy atom. The van der Waals surface area contributed by atoms with Crippen LogP contribution < -0.4 is 9.44 Å². The average molecular weight is 356 g/mol. The average Bonchev–Trinajstić information content (AvgIpc) is 2.47. The molecule has 1 unspecified atom stereocenters. The monoisotopic (exact) mass is 356 g/mol. The van der Waals surface area contributed by atoms with Crippen LogP contribution in [0.5, 0.6) is 0 Å². The van der Waals surface area contributed by atoms with Crippen LogP contribution in [0.25, 0.3) is 0 Å². The minimum absolute atomic E-state index is 0.163. The molecule has 23 heavy (non-hydrogen) atoms. The quantitative estimate of drug-likeness (QED) is 0.685. The molecule has 0 aromatic heterocycles. The number of hydrogen-bond donors (Lipinski definition) is 3. The Kier molecular flexibility index (Phi) is 5.05. The second-order valence-corrected chi connectivity index (χ2v) is 7.72. The van der Waals surface area contributed by atoms with E-state index in [1.54, 1.807) is 37.3 Å². The van der Waals surface area contributed by atoms with Crippen molar-refractivity contribution in [2.24, 2.45) is 0 Å². The van der Waals surface area contributed by atoms with E-state index in [0.717, 1.165) is 0 Å². The lowest BCUT2D eigenvalue weighted by atomic mass is 10.1. The highest BCUT2D eigenvalue weighted by molar-refractivity contribution is 7.89. The van der Waals surface area contributed by atoms with Crippen molar-refractivity contribution in [2.45, 2.75) is 17.9 Å². The predicted molar refractivity (Wildman–Crippen MR) is 86.8 cm³/mol. The van der Waals surface area contributed by atoms with Crippen molar-refractivity contribution >= 4 is 26.0 Å². The van der Waals surface area contributed by atoms with Crippen molar-refractivity contribution in [2.75, 3.05) is 4.72 Å². The summed E-state index contributed by atoms with van der Waals surface area (Å²) in [5, 5.41) is 0. The second kappa shape index (κ2) is 6.67. The highest BCUT2D eigenvalue weighted by Gasteiger charge is 2.18. The number of rotatable bonds is 6. The number of anilines is 1. The van der Waals surface area contributed by atoms with E-state index < -0.39 is 26.4 Å². The van der Waals surface area contributed by atoms with Gasteiger partial charge in [0.15, 0.2) is 0 Å². The van der Waals surface area contributed by atoms with Crippen LogP contribution in [-0.4, -0.2) is 21.4 Å². The van der Waals surface area contributed by atoms with Gasteiger partial charge in [0.1, 0.15) is 0 Å². The zero-order valence-electron chi connectivity index (χ0n) is 12.2. The standard InChI is InChI=1S/C14H16N2O5S2/c1-11(15-22(17,18)14-5-3-2-4-6-14)12-7-9-13(10-8-12)16-23(19,20)21/h2-11,15-16H,1H3,(H,19,20,21). The fraction of sp³-hybridized carbons (Fsp3) is 0.143. The van der Waals surface area contributed by atoms with E-state index in [9.17, 15) is 16.8 Å². The maximum Gasteiger partial charge on any atom is 0.357 e. The van der Waals surface area contributed by atoms with Gasteiger partial charge in [0.05, 0.1) is 10.6 Å². The molecule has 0 radical (unpaired) electrons. The van der Waals surface area contributed by atoms with E-state index in [1.807, 2.05) is 4.72 Å². The predicted octanol–water partition coefficient (Wildman–Crippen LogP) is 1.94. The van der Waals surface area contributed by atoms with Gasteiger partial charge in [0.25, 0.3) is 0 Å². The van der Waals surface area contributed by atoms with Gasteiger partial charge in [-0.2, -0.15) is 8.42 Å². The normalized spacial score (nSPS) is 13.5. The Hall–Kier alpha value is -1.94. The summed E-state index contributed by atoms with van der Waals surface area (Å²) in [6, 6.07) is 13.4. The fourth-order valence-electron chi connectivity index (χ4n) is 1.96. The van der Waals surface area contributed by atoms with Crippen LogP contribution in [0.15, 0.2) is 59.5 Å². The molecular formula is C14H16N2O5S2. The topological polar surface area (TPSA) is 113 Å². The molecule has 3 N–H and O–H groups in total. The minimum Gasteiger partial charge on any atom is -0.269 e. The highest BCUT2D eigenvalue weighted by atomic mass is 32.2. The lowest BCUT2D eigenvalue weighted by Crippen LogP contribution is -2.26. The first-order valence-corrected chi connectivity index (χ1v) is 9.52. The van der Waals surface area contributed by atoms with Crippen LogP contribution in [0.3, 0.4) is 0 Å². The Bertz CT molecular complexity index is 863. The second-order valence-electron chi connectivity index (χ2n) is 4.86. The van der Waals surface area contributed by atoms with E-state index in [-0.39, 0.29) is 10.6 Å². The molecule has 2 aromatic rings. The van der Waals surface area contributed by atoms with Crippen LogP contribution in [0, 0.1) is 0 Å². The Balaban J connectivity index is 2.13. The first kappa shape index (κ1) is 17.4. The first-order valence-electron chi connectivity index (χ1n) is 6.60. The van der Waals surface area contributed by atoms with Crippen molar-refractivity contribution < 1.29 is 21.4 Å². The molecule has 7 nitrogen and oxygen atoms in total. The molecule has 1 atom stereocenters. The first-order chi connectivity index (χ1) is 10.7. The molecule has 2 rings (SSSR count). The molecule has 2 aromatic carbocycles. The van der Waals surface area contributed by atoms with Crippen LogP contribution in [0.2, 0.25) is 0 Å². The zero-order valence-corrected chi connectivity index (χ0v) is 13.8. The van der Waals surface area contributed by atoms with Gasteiger partial charge in [-0.05, 0) is 36.8 Å². The fourth-order valence-corrected chi connectivity index (χ4v) is 3.64. The molecule has 0 amide bonds. The molecule has 0 aliphatic heterocycles. The third kappa shape index (κ3) is 5.03. The van der Waals surface area contributed by atoms with Gasteiger partial charge < -0.3 is 0 Å². The van der Waals surface area contributed by atoms with Gasteiger partial charge in [-0.15, -0.1) is 0 Å². The summed E-state index contributed by atoms with van der Waals surface area (Å²) in [7, 11) is -7.98. The van der Waals surface area contributed by atoms with Crippen LogP contribution in [0.4, 0.5) is 5.69 Å². The summed E-state index contributed by atoms with van der Waals surface area (Å²) in [5.41, 5.74) is 0.819. The van der Waals surface area contributed by atoms with E-state index in [2.05, 4.69) is 4.72 Å². The highest BCUT2D eigenvalue weighted by Crippen LogP contribution is 2.19. The van der Waals surface area contributed by atoms with Gasteiger partial charge in [0.2, 0.25) is 10.0 Å². The molecular weight excluding hydrogens is 340 g/mol. The number of benzene rings is 2. The number of hydrogen-bond acceptors (Lipinski definition) is 4. The number of nitrogens with one attached hydrogen (secondary N) is 2. The number of sulfonamides is 1. The van der Waals surface area contributed by atoms with Crippen LogP contribution in [0.1, 0.15) is 18.5 Å². The third-order valence-electron chi connectivity index (χ3n) is 3.04. The Morgan fingerprint density at radius 2 is 1.48 bits per heavy atom. The minimum atomic E-state index is -4.34. The van der Waals surface area contributed by atoms with E-state index in [4.69, 9.17) is 4.55 Å². The summed E-state index contributed by atoms with van der Waals surface area (Å²) in [4.78, 5) is 0.163. The van der Waals surface area contributed by atoms with Crippen molar-refractivity contribution in [1.82, 2.24) is 4.72 Å². The molecule has 0 saturated heterocycles. The van der Waals surface area contributed by atoms with E-state index in [1.165, 1.54) is 24.3 Å². The summed E-state index contributed by atoms with van der Waals surface area (Å²) in [6.45, 7) is 1.67. The van der Waals surface area contributed by atoms with Gasteiger partial charge in [-0.25, -0.2) is 13.1 Å². The van der Waals surface area contributed by atoms with Crippen molar-refractivity contribution in [3.63, 3.8) is 0 Å². The Labute approximate surface area is 135 Å². The largest absolute Gasteiger partial charge is 0.357 e. The molecule has 124 valence electrons. The summed E-state index contributed by atoms with van der Waals surface area (Å²) in [6.07, 6.45) is 0. The summed E-state index contributed by atoms with van der Waals surface area (Å²) in [5.74, 6) is 0. The lowest BCUT2D eigenvalue weighted by Gasteiger charge is -2.15. The maximum atomic E-state index is 12.2. The molecule has 0 fully saturated rings. The summed E-state index contributed by atoms with van der Waals surface area (Å²) < 4.78 is 59.1. The Morgan fingerprint density at radius 1 is 0.913 bits per heavy atom. The molecule has 0 aliphatic rings. The van der Waals surface area contributed by atoms with Gasteiger partial charge >= 0.3 is 10.3 Å². The van der Waals surface area contributed by atoms with Crippen molar-refractivity contribution in [3.8, 4) is 0 Å².